The SMILES string of the molecule is CN1CCN([C@H]2C[C@H]3[C@@H]4C[C@@H]5O[C@@]56CCCC[C@]6(C)[C@H]4CC[C@]3(C)[C@H]2O)CC1. The Bertz CT molecular complexity index is 649. The van der Waals surface area contributed by atoms with Gasteiger partial charge in [0.05, 0.1) is 12.2 Å². The van der Waals surface area contributed by atoms with E-state index in [1.165, 1.54) is 51.4 Å². The van der Waals surface area contributed by atoms with E-state index in [4.69, 9.17) is 4.74 Å². The third-order valence-corrected chi connectivity index (χ3v) is 11.0. The number of aliphatic hydroxyl groups excluding tert-OH is 1. The molecular formula is C24H40N2O2. The summed E-state index contributed by atoms with van der Waals surface area (Å²) in [4.78, 5) is 5.06. The monoisotopic (exact) mass is 388 g/mol. The van der Waals surface area contributed by atoms with Gasteiger partial charge in [0.25, 0.3) is 0 Å². The van der Waals surface area contributed by atoms with Gasteiger partial charge in [0, 0.05) is 37.6 Å². The average molecular weight is 389 g/mol. The number of nitrogens with zero attached hydrogens (tertiary/aromatic N) is 2. The summed E-state index contributed by atoms with van der Waals surface area (Å²) in [6.07, 6.45) is 10.9. The summed E-state index contributed by atoms with van der Waals surface area (Å²) < 4.78 is 6.55. The van der Waals surface area contributed by atoms with E-state index in [1.807, 2.05) is 0 Å². The highest BCUT2D eigenvalue weighted by molar-refractivity contribution is 5.24. The van der Waals surface area contributed by atoms with Crippen LogP contribution in [0.25, 0.3) is 0 Å². The first-order chi connectivity index (χ1) is 13.4. The van der Waals surface area contributed by atoms with Crippen molar-refractivity contribution in [3.63, 3.8) is 0 Å². The Balaban J connectivity index is 1.28. The summed E-state index contributed by atoms with van der Waals surface area (Å²) in [5.74, 6) is 2.28. The van der Waals surface area contributed by atoms with Crippen LogP contribution in [-0.4, -0.2) is 72.0 Å². The molecule has 4 saturated carbocycles. The fourth-order valence-corrected chi connectivity index (χ4v) is 9.20. The van der Waals surface area contributed by atoms with Gasteiger partial charge in [-0.1, -0.05) is 26.7 Å². The normalized spacial score (nSPS) is 59.1. The zero-order chi connectivity index (χ0) is 19.3. The number of likely N-dealkylation sites (N-methyl/N-ethyl adjacent to an activating group) is 1. The van der Waals surface area contributed by atoms with Gasteiger partial charge < -0.3 is 14.7 Å². The maximum absolute atomic E-state index is 11.5. The molecule has 28 heavy (non-hydrogen) atoms. The van der Waals surface area contributed by atoms with Crippen LogP contribution < -0.4 is 0 Å². The molecule has 6 fully saturated rings. The minimum atomic E-state index is -0.146. The summed E-state index contributed by atoms with van der Waals surface area (Å²) in [5.41, 5.74) is 0.764. The third-order valence-electron chi connectivity index (χ3n) is 11.0. The number of fused-ring (bicyclic) bond motifs is 4. The van der Waals surface area contributed by atoms with Crippen molar-refractivity contribution in [2.75, 3.05) is 33.2 Å². The van der Waals surface area contributed by atoms with Crippen LogP contribution >= 0.6 is 0 Å². The molecule has 1 spiro atoms. The molecule has 0 aromatic rings. The lowest BCUT2D eigenvalue weighted by Crippen LogP contribution is -2.57. The third kappa shape index (κ3) is 2.22. The van der Waals surface area contributed by atoms with Crippen LogP contribution in [-0.2, 0) is 4.74 Å². The lowest BCUT2D eigenvalue weighted by molar-refractivity contribution is -0.110. The molecule has 4 aliphatic carbocycles. The summed E-state index contributed by atoms with van der Waals surface area (Å²) in [7, 11) is 2.23. The molecule has 1 N–H and O–H groups in total. The Morgan fingerprint density at radius 1 is 0.929 bits per heavy atom. The van der Waals surface area contributed by atoms with Crippen molar-refractivity contribution in [3.8, 4) is 0 Å². The standard InChI is InChI=1S/C24H40N2O2/c1-22-9-6-17-16(14-20-24(28-20)8-5-4-7-23(17,24)2)18(22)15-19(21(22)27)26-12-10-25(3)11-13-26/h16-21,27H,4-15H2,1-3H3/t16-,17+,18+,19+,20+,21+,22+,23-,24+/m1/s1. The van der Waals surface area contributed by atoms with Gasteiger partial charge in [-0.15, -0.1) is 0 Å². The van der Waals surface area contributed by atoms with Crippen LogP contribution in [0.1, 0.15) is 65.2 Å². The van der Waals surface area contributed by atoms with Gasteiger partial charge in [-0.25, -0.2) is 0 Å². The first-order valence-electron chi connectivity index (χ1n) is 12.2. The molecule has 0 unspecified atom stereocenters. The number of hydrogen-bond acceptors (Lipinski definition) is 4. The van der Waals surface area contributed by atoms with Gasteiger partial charge in [0.1, 0.15) is 5.60 Å². The highest BCUT2D eigenvalue weighted by atomic mass is 16.6. The molecule has 4 nitrogen and oxygen atoms in total. The second kappa shape index (κ2) is 5.96. The number of piperazine rings is 1. The van der Waals surface area contributed by atoms with Gasteiger partial charge >= 0.3 is 0 Å². The average Bonchev–Trinajstić information content (AvgIpc) is 3.32. The van der Waals surface area contributed by atoms with E-state index >= 15 is 0 Å². The number of rotatable bonds is 1. The predicted molar refractivity (Wildman–Crippen MR) is 110 cm³/mol. The fourth-order valence-electron chi connectivity index (χ4n) is 9.20. The Morgan fingerprint density at radius 2 is 1.68 bits per heavy atom. The molecule has 158 valence electrons. The number of aliphatic hydroxyl groups is 1. The molecule has 0 amide bonds. The minimum Gasteiger partial charge on any atom is -0.391 e. The maximum Gasteiger partial charge on any atom is 0.100 e. The van der Waals surface area contributed by atoms with Crippen LogP contribution in [0.3, 0.4) is 0 Å². The van der Waals surface area contributed by atoms with Crippen LogP contribution in [0.15, 0.2) is 0 Å². The molecule has 0 aromatic heterocycles. The molecule has 0 radical (unpaired) electrons. The second-order valence-corrected chi connectivity index (χ2v) is 11.9. The maximum atomic E-state index is 11.5. The highest BCUT2D eigenvalue weighted by Gasteiger charge is 2.75. The second-order valence-electron chi connectivity index (χ2n) is 11.9. The Kier molecular flexibility index (Phi) is 3.96. The first-order valence-corrected chi connectivity index (χ1v) is 12.2. The van der Waals surface area contributed by atoms with Crippen molar-refractivity contribution < 1.29 is 9.84 Å². The molecule has 2 heterocycles. The van der Waals surface area contributed by atoms with E-state index in [0.717, 1.165) is 38.0 Å². The quantitative estimate of drug-likeness (QED) is 0.701. The van der Waals surface area contributed by atoms with E-state index in [0.29, 0.717) is 23.5 Å². The minimum absolute atomic E-state index is 0.120. The largest absolute Gasteiger partial charge is 0.391 e. The molecule has 0 aromatic carbocycles. The molecule has 6 aliphatic rings. The molecule has 2 aliphatic heterocycles. The summed E-state index contributed by atoms with van der Waals surface area (Å²) >= 11 is 0. The van der Waals surface area contributed by atoms with Crippen LogP contribution in [0, 0.1) is 28.6 Å². The van der Waals surface area contributed by atoms with Crippen molar-refractivity contribution in [2.45, 2.75) is 89.1 Å². The predicted octanol–water partition coefficient (Wildman–Crippen LogP) is 3.14. The zero-order valence-electron chi connectivity index (χ0n) is 18.2. The van der Waals surface area contributed by atoms with E-state index in [2.05, 4.69) is 30.7 Å². The fraction of sp³-hybridized carbons (Fsp3) is 1.00. The van der Waals surface area contributed by atoms with Crippen molar-refractivity contribution in [1.82, 2.24) is 9.80 Å². The summed E-state index contributed by atoms with van der Waals surface area (Å²) in [6, 6.07) is 0.383. The Labute approximate surface area is 171 Å². The lowest BCUT2D eigenvalue weighted by Gasteiger charge is -2.58. The zero-order valence-corrected chi connectivity index (χ0v) is 18.2. The van der Waals surface area contributed by atoms with Crippen molar-refractivity contribution in [3.05, 3.63) is 0 Å². The molecule has 4 heteroatoms. The van der Waals surface area contributed by atoms with Gasteiger partial charge in [-0.3, -0.25) is 4.90 Å². The Morgan fingerprint density at radius 3 is 2.46 bits per heavy atom. The number of hydrogen-bond donors (Lipinski definition) is 1. The van der Waals surface area contributed by atoms with Gasteiger partial charge in [0.15, 0.2) is 0 Å². The van der Waals surface area contributed by atoms with Gasteiger partial charge in [0.2, 0.25) is 0 Å². The molecular weight excluding hydrogens is 348 g/mol. The topological polar surface area (TPSA) is 39.2 Å². The van der Waals surface area contributed by atoms with E-state index in [1.54, 1.807) is 0 Å². The molecule has 0 bridgehead atoms. The smallest absolute Gasteiger partial charge is 0.100 e. The number of epoxide rings is 1. The van der Waals surface area contributed by atoms with Crippen LogP contribution in [0.5, 0.6) is 0 Å². The lowest BCUT2D eigenvalue weighted by atomic mass is 9.45. The van der Waals surface area contributed by atoms with Gasteiger partial charge in [-0.2, -0.15) is 0 Å². The van der Waals surface area contributed by atoms with E-state index in [-0.39, 0.29) is 17.1 Å². The van der Waals surface area contributed by atoms with E-state index < -0.39 is 0 Å². The first kappa shape index (κ1) is 18.6. The van der Waals surface area contributed by atoms with Crippen LogP contribution in [0.2, 0.25) is 0 Å². The summed E-state index contributed by atoms with van der Waals surface area (Å²) in [6.45, 7) is 9.58. The van der Waals surface area contributed by atoms with Crippen molar-refractivity contribution in [1.29, 1.82) is 0 Å². The van der Waals surface area contributed by atoms with Crippen LogP contribution in [0.4, 0.5) is 0 Å². The molecule has 2 saturated heterocycles. The Hall–Kier alpha value is -0.160. The van der Waals surface area contributed by atoms with Gasteiger partial charge in [-0.05, 0) is 68.7 Å². The molecule has 9 atom stereocenters. The van der Waals surface area contributed by atoms with Crippen molar-refractivity contribution in [2.24, 2.45) is 28.6 Å². The van der Waals surface area contributed by atoms with E-state index in [9.17, 15) is 5.11 Å². The summed E-state index contributed by atoms with van der Waals surface area (Å²) in [5, 5.41) is 11.5. The highest BCUT2D eigenvalue weighted by Crippen LogP contribution is 2.73. The van der Waals surface area contributed by atoms with Crippen molar-refractivity contribution >= 4 is 0 Å². The number of ether oxygens (including phenoxy) is 1. The molecule has 6 rings (SSSR count).